The second-order valence-electron chi connectivity index (χ2n) is 9.79. The zero-order valence-corrected chi connectivity index (χ0v) is 28.2. The largest absolute Gasteiger partial charge is 2.00 e. The summed E-state index contributed by atoms with van der Waals surface area (Å²) in [5, 5.41) is 46.9. The molecule has 0 bridgehead atoms. The van der Waals surface area contributed by atoms with Crippen molar-refractivity contribution in [3.8, 4) is 23.0 Å². The Hall–Kier alpha value is -4.16. The number of carbonyl (C=O) groups is 1. The Morgan fingerprint density at radius 3 is 1.24 bits per heavy atom. The molecule has 13 nitrogen and oxygen atoms in total. The summed E-state index contributed by atoms with van der Waals surface area (Å²) in [6.07, 6.45) is 3.64. The number of hydrogen-bond acceptors (Lipinski definition) is 9. The maximum Gasteiger partial charge on any atom is 2.00 e. The average molecular weight is 766 g/mol. The average Bonchev–Trinajstić information content (AvgIpc) is 3.42. The Balaban J connectivity index is -0.00000124. The summed E-state index contributed by atoms with van der Waals surface area (Å²) in [4.78, 5) is 23.4. The number of rotatable bonds is 10. The first-order chi connectivity index (χ1) is 21.0. The molecule has 1 heterocycles. The minimum Gasteiger partial charge on any atom is -0.872 e. The van der Waals surface area contributed by atoms with Gasteiger partial charge in [0, 0.05) is 44.2 Å². The molecular formula is C34H40N4Ni2O9. The second-order valence-corrected chi connectivity index (χ2v) is 9.79. The van der Waals surface area contributed by atoms with Crippen molar-refractivity contribution in [1.29, 1.82) is 0 Å². The maximum atomic E-state index is 12.6. The van der Waals surface area contributed by atoms with E-state index in [1.807, 2.05) is 24.3 Å². The molecule has 1 fully saturated rings. The number of carbonyl (C=O) groups excluding carboxylic acids is 1. The van der Waals surface area contributed by atoms with Crippen LogP contribution in [0.5, 0.6) is 23.0 Å². The minimum absolute atomic E-state index is 0. The van der Waals surface area contributed by atoms with E-state index in [0.29, 0.717) is 43.6 Å². The van der Waals surface area contributed by atoms with Gasteiger partial charge in [0.15, 0.2) is 0 Å². The number of aldehydes is 1. The van der Waals surface area contributed by atoms with E-state index in [-0.39, 0.29) is 89.6 Å². The van der Waals surface area contributed by atoms with Crippen molar-refractivity contribution in [2.24, 2.45) is 9.98 Å². The van der Waals surface area contributed by atoms with Crippen LogP contribution in [0.15, 0.2) is 107 Å². The van der Waals surface area contributed by atoms with Crippen molar-refractivity contribution in [2.45, 2.75) is 6.17 Å². The van der Waals surface area contributed by atoms with Crippen molar-refractivity contribution in [3.63, 3.8) is 0 Å². The molecule has 0 amide bonds. The van der Waals surface area contributed by atoms with Crippen LogP contribution in [-0.2, 0) is 33.0 Å². The molecule has 1 aliphatic heterocycles. The SMILES string of the molecule is O.O.O.O.O=Cc1ccccc1[O-].[Ni+2].[Ni+2].[O-]c1ccccc1C=NCCN1CCN(CCN=Cc2ccccc2[O-])C1c1ccccc1[O-]. The summed E-state index contributed by atoms with van der Waals surface area (Å²) < 4.78 is 0. The second kappa shape index (κ2) is 25.8. The van der Waals surface area contributed by atoms with Crippen LogP contribution < -0.4 is 20.4 Å². The van der Waals surface area contributed by atoms with Gasteiger partial charge in [-0.2, -0.15) is 0 Å². The molecule has 0 saturated carbocycles. The van der Waals surface area contributed by atoms with Crippen LogP contribution >= 0.6 is 0 Å². The van der Waals surface area contributed by atoms with Gasteiger partial charge in [0.25, 0.3) is 0 Å². The Bertz CT molecular complexity index is 1500. The molecule has 0 unspecified atom stereocenters. The molecule has 4 aromatic rings. The summed E-state index contributed by atoms with van der Waals surface area (Å²) in [5.74, 6) is -0.293. The van der Waals surface area contributed by atoms with E-state index in [9.17, 15) is 25.2 Å². The smallest absolute Gasteiger partial charge is 0.872 e. The number of aliphatic imine (C=N–C) groups is 2. The molecule has 8 N–H and O–H groups in total. The molecule has 0 spiro atoms. The summed E-state index contributed by atoms with van der Waals surface area (Å²) in [6.45, 7) is 4.00. The minimum atomic E-state index is -0.215. The Kier molecular flexibility index (Phi) is 25.9. The van der Waals surface area contributed by atoms with E-state index in [1.54, 1.807) is 61.0 Å². The van der Waals surface area contributed by atoms with Crippen LogP contribution in [0, 0.1) is 0 Å². The predicted molar refractivity (Wildman–Crippen MR) is 174 cm³/mol. The number of benzene rings is 4. The molecule has 0 atom stereocenters. The fourth-order valence-electron chi connectivity index (χ4n) is 4.74. The fourth-order valence-corrected chi connectivity index (χ4v) is 4.74. The monoisotopic (exact) mass is 764 g/mol. The van der Waals surface area contributed by atoms with Crippen molar-refractivity contribution >= 4 is 18.7 Å². The normalized spacial score (nSPS) is 13.6. The number of nitrogens with zero attached hydrogens (tertiary/aromatic N) is 4. The van der Waals surface area contributed by atoms with Crippen molar-refractivity contribution in [2.75, 3.05) is 39.3 Å². The van der Waals surface area contributed by atoms with Gasteiger partial charge >= 0.3 is 33.0 Å². The van der Waals surface area contributed by atoms with Gasteiger partial charge in [-0.15, -0.1) is 17.2 Å². The van der Waals surface area contributed by atoms with Gasteiger partial charge in [-0.1, -0.05) is 103 Å². The van der Waals surface area contributed by atoms with Crippen LogP contribution in [-0.4, -0.2) is 89.7 Å². The molecule has 0 aromatic heterocycles. The van der Waals surface area contributed by atoms with E-state index in [1.165, 1.54) is 24.3 Å². The van der Waals surface area contributed by atoms with Crippen molar-refractivity contribution < 1.29 is 80.1 Å². The van der Waals surface area contributed by atoms with Gasteiger partial charge in [-0.05, 0) is 16.7 Å². The molecule has 1 saturated heterocycles. The molecule has 0 aliphatic carbocycles. The first-order valence-electron chi connectivity index (χ1n) is 13.9. The van der Waals surface area contributed by atoms with E-state index in [2.05, 4.69) is 19.8 Å². The maximum absolute atomic E-state index is 12.6. The van der Waals surface area contributed by atoms with Crippen molar-refractivity contribution in [3.05, 3.63) is 119 Å². The third-order valence-corrected chi connectivity index (χ3v) is 6.94. The molecule has 270 valence electrons. The third kappa shape index (κ3) is 14.5. The molecule has 4 aromatic carbocycles. The summed E-state index contributed by atoms with van der Waals surface area (Å²) in [7, 11) is 0. The standard InChI is InChI=1S/C27H30N4O3.C7H6O2.2Ni.4H2O/c32-24-10-4-1-7-21(24)19-28-13-15-30-17-18-31(27(30)23-9-3-6-12-26(23)34)16-14-29-20-22-8-2-5-11-25(22)33;8-5-6-3-1-2-4-7(6)9;;;;;;/h1-12,19-20,27,32-34H,13-18H2;1-5,9H;;;4*1H2/q;;2*+2;;;;/p-4. The summed E-state index contributed by atoms with van der Waals surface area (Å²) >= 11 is 0. The Labute approximate surface area is 305 Å². The first-order valence-corrected chi connectivity index (χ1v) is 13.9. The van der Waals surface area contributed by atoms with Crippen molar-refractivity contribution in [1.82, 2.24) is 9.80 Å². The molecule has 15 heteroatoms. The molecular weight excluding hydrogens is 726 g/mol. The fraction of sp³-hybridized carbons (Fsp3) is 0.206. The summed E-state index contributed by atoms with van der Waals surface area (Å²) in [5.41, 5.74) is 2.11. The van der Waals surface area contributed by atoms with Crippen LogP contribution in [0.1, 0.15) is 33.2 Å². The topological polar surface area (TPSA) is 267 Å². The zero-order chi connectivity index (χ0) is 30.4. The van der Waals surface area contributed by atoms with Crippen LogP contribution in [0.3, 0.4) is 0 Å². The molecule has 49 heavy (non-hydrogen) atoms. The van der Waals surface area contributed by atoms with Crippen LogP contribution in [0.25, 0.3) is 0 Å². The first kappa shape index (κ1) is 49.2. The molecule has 5 rings (SSSR count). The molecule has 1 aliphatic rings. The van der Waals surface area contributed by atoms with Gasteiger partial charge in [0.05, 0.1) is 19.3 Å². The van der Waals surface area contributed by atoms with E-state index in [4.69, 9.17) is 0 Å². The predicted octanol–water partition coefficient (Wildman–Crippen LogP) is -0.969. The third-order valence-electron chi connectivity index (χ3n) is 6.94. The number of hydrogen-bond donors (Lipinski definition) is 0. The van der Waals surface area contributed by atoms with Gasteiger partial charge in [-0.25, -0.2) is 0 Å². The Morgan fingerprint density at radius 2 is 0.898 bits per heavy atom. The summed E-state index contributed by atoms with van der Waals surface area (Å²) in [6, 6.07) is 26.9. The molecule has 0 radical (unpaired) electrons. The van der Waals surface area contributed by atoms with Crippen LogP contribution in [0.4, 0.5) is 0 Å². The Morgan fingerprint density at radius 1 is 0.551 bits per heavy atom. The van der Waals surface area contributed by atoms with Gasteiger partial charge in [0.2, 0.25) is 0 Å². The number of para-hydroxylation sites is 4. The van der Waals surface area contributed by atoms with E-state index < -0.39 is 0 Å². The van der Waals surface area contributed by atoms with E-state index >= 15 is 0 Å². The van der Waals surface area contributed by atoms with Crippen LogP contribution in [0.2, 0.25) is 0 Å². The quantitative estimate of drug-likeness (QED) is 0.111. The van der Waals surface area contributed by atoms with Gasteiger partial charge in [0.1, 0.15) is 6.29 Å². The van der Waals surface area contributed by atoms with Gasteiger partial charge in [-0.3, -0.25) is 24.6 Å². The van der Waals surface area contributed by atoms with Gasteiger partial charge < -0.3 is 42.3 Å². The zero-order valence-electron chi connectivity index (χ0n) is 26.3. The van der Waals surface area contributed by atoms with E-state index in [0.717, 1.165) is 18.7 Å².